The normalized spacial score (nSPS) is 12.9. The second kappa shape index (κ2) is 6.14. The van der Waals surface area contributed by atoms with E-state index in [0.29, 0.717) is 23.3 Å². The third-order valence-electron chi connectivity index (χ3n) is 2.95. The average Bonchev–Trinajstić information content (AvgIpc) is 2.86. The average molecular weight is 282 g/mol. The predicted octanol–water partition coefficient (Wildman–Crippen LogP) is 2.20. The van der Waals surface area contributed by atoms with Gasteiger partial charge >= 0.3 is 0 Å². The molecule has 2 rings (SSSR count). The predicted molar refractivity (Wildman–Crippen MR) is 72.8 cm³/mol. The first-order chi connectivity index (χ1) is 9.10. The summed E-state index contributed by atoms with van der Waals surface area (Å²) in [7, 11) is 1.89. The molecule has 1 atom stereocenters. The van der Waals surface area contributed by atoms with Crippen molar-refractivity contribution in [3.05, 3.63) is 35.2 Å². The zero-order valence-electron chi connectivity index (χ0n) is 10.9. The second-order valence-corrected chi connectivity index (χ2v) is 4.91. The van der Waals surface area contributed by atoms with Gasteiger partial charge in [-0.25, -0.2) is 0 Å². The molecule has 19 heavy (non-hydrogen) atoms. The summed E-state index contributed by atoms with van der Waals surface area (Å²) >= 11 is 5.92. The van der Waals surface area contributed by atoms with Crippen molar-refractivity contribution in [2.45, 2.75) is 19.5 Å². The van der Waals surface area contributed by atoms with Crippen molar-refractivity contribution in [2.24, 2.45) is 0 Å². The van der Waals surface area contributed by atoms with Crippen molar-refractivity contribution in [2.75, 3.05) is 13.7 Å². The molecule has 5 nitrogen and oxygen atoms in total. The van der Waals surface area contributed by atoms with Crippen molar-refractivity contribution < 1.29 is 9.63 Å². The summed E-state index contributed by atoms with van der Waals surface area (Å²) in [5.74, 6) is 1.03. The van der Waals surface area contributed by atoms with Crippen LogP contribution in [0, 0.1) is 0 Å². The lowest BCUT2D eigenvalue weighted by molar-refractivity contribution is 0.142. The van der Waals surface area contributed by atoms with E-state index in [1.54, 1.807) is 12.1 Å². The maximum Gasteiger partial charge on any atom is 0.241 e. The minimum Gasteiger partial charge on any atom is -0.395 e. The van der Waals surface area contributed by atoms with Crippen LogP contribution in [0.3, 0.4) is 0 Å². The van der Waals surface area contributed by atoms with Crippen LogP contribution in [-0.2, 0) is 6.54 Å². The van der Waals surface area contributed by atoms with E-state index >= 15 is 0 Å². The van der Waals surface area contributed by atoms with Gasteiger partial charge in [0.1, 0.15) is 0 Å². The van der Waals surface area contributed by atoms with Gasteiger partial charge in [-0.15, -0.1) is 0 Å². The number of halogens is 1. The number of nitrogens with zero attached hydrogens (tertiary/aromatic N) is 3. The third kappa shape index (κ3) is 3.53. The van der Waals surface area contributed by atoms with Gasteiger partial charge in [-0.1, -0.05) is 28.9 Å². The van der Waals surface area contributed by atoms with Gasteiger partial charge in [-0.05, 0) is 26.1 Å². The fourth-order valence-corrected chi connectivity index (χ4v) is 1.76. The highest BCUT2D eigenvalue weighted by Crippen LogP contribution is 2.20. The maximum atomic E-state index is 9.07. The van der Waals surface area contributed by atoms with Crippen LogP contribution in [0.4, 0.5) is 0 Å². The standard InChI is InChI=1S/C13H16ClN3O2/c1-9(8-18)17(2)7-12-15-13(16-19-12)10-4-3-5-11(14)6-10/h3-6,9,18H,7-8H2,1-2H3. The Kier molecular flexibility index (Phi) is 4.52. The molecule has 0 aliphatic rings. The molecular weight excluding hydrogens is 266 g/mol. The van der Waals surface area contributed by atoms with Crippen molar-refractivity contribution in [1.29, 1.82) is 0 Å². The van der Waals surface area contributed by atoms with E-state index in [-0.39, 0.29) is 12.6 Å². The summed E-state index contributed by atoms with van der Waals surface area (Å²) in [6.45, 7) is 2.51. The minimum atomic E-state index is 0.0431. The Labute approximate surface area is 116 Å². The number of aliphatic hydroxyl groups is 1. The van der Waals surface area contributed by atoms with Gasteiger partial charge in [0.15, 0.2) is 0 Å². The van der Waals surface area contributed by atoms with Crippen LogP contribution in [0.15, 0.2) is 28.8 Å². The lowest BCUT2D eigenvalue weighted by Gasteiger charge is -2.20. The molecule has 0 spiro atoms. The number of aromatic nitrogens is 2. The topological polar surface area (TPSA) is 62.4 Å². The van der Waals surface area contributed by atoms with Crippen LogP contribution in [0.2, 0.25) is 5.02 Å². The van der Waals surface area contributed by atoms with Gasteiger partial charge in [-0.3, -0.25) is 4.90 Å². The Hall–Kier alpha value is -1.43. The molecule has 2 aromatic rings. The van der Waals surface area contributed by atoms with E-state index in [1.165, 1.54) is 0 Å². The molecule has 1 unspecified atom stereocenters. The van der Waals surface area contributed by atoms with Gasteiger partial charge in [0.05, 0.1) is 13.2 Å². The molecule has 0 saturated heterocycles. The van der Waals surface area contributed by atoms with Crippen molar-refractivity contribution in [1.82, 2.24) is 15.0 Å². The second-order valence-electron chi connectivity index (χ2n) is 4.47. The largest absolute Gasteiger partial charge is 0.395 e. The van der Waals surface area contributed by atoms with Crippen LogP contribution in [0.5, 0.6) is 0 Å². The zero-order chi connectivity index (χ0) is 13.8. The molecule has 1 aromatic carbocycles. The summed E-state index contributed by atoms with van der Waals surface area (Å²) in [6, 6.07) is 7.34. The summed E-state index contributed by atoms with van der Waals surface area (Å²) in [5, 5.41) is 13.6. The van der Waals surface area contributed by atoms with Gasteiger partial charge in [0.2, 0.25) is 11.7 Å². The van der Waals surface area contributed by atoms with E-state index in [0.717, 1.165) is 5.56 Å². The van der Waals surface area contributed by atoms with Crippen molar-refractivity contribution in [3.8, 4) is 11.4 Å². The fourth-order valence-electron chi connectivity index (χ4n) is 1.57. The molecular formula is C13H16ClN3O2. The Balaban J connectivity index is 2.11. The van der Waals surface area contributed by atoms with Crippen LogP contribution in [0.1, 0.15) is 12.8 Å². The SMILES string of the molecule is CC(CO)N(C)Cc1nc(-c2cccc(Cl)c2)no1. The van der Waals surface area contributed by atoms with Crippen molar-refractivity contribution in [3.63, 3.8) is 0 Å². The van der Waals surface area contributed by atoms with Crippen LogP contribution in [-0.4, -0.2) is 39.8 Å². The van der Waals surface area contributed by atoms with Gasteiger partial charge in [-0.2, -0.15) is 4.98 Å². The highest BCUT2D eigenvalue weighted by atomic mass is 35.5. The van der Waals surface area contributed by atoms with E-state index in [4.69, 9.17) is 21.2 Å². The van der Waals surface area contributed by atoms with Crippen molar-refractivity contribution >= 4 is 11.6 Å². The molecule has 0 saturated carbocycles. The molecule has 102 valence electrons. The summed E-state index contributed by atoms with van der Waals surface area (Å²) in [4.78, 5) is 6.26. The first-order valence-electron chi connectivity index (χ1n) is 5.99. The monoisotopic (exact) mass is 281 g/mol. The van der Waals surface area contributed by atoms with Gasteiger partial charge in [0, 0.05) is 16.6 Å². The molecule has 0 radical (unpaired) electrons. The minimum absolute atomic E-state index is 0.0431. The first-order valence-corrected chi connectivity index (χ1v) is 6.37. The quantitative estimate of drug-likeness (QED) is 0.910. The molecule has 0 aliphatic heterocycles. The number of hydrogen-bond acceptors (Lipinski definition) is 5. The van der Waals surface area contributed by atoms with E-state index < -0.39 is 0 Å². The summed E-state index contributed by atoms with van der Waals surface area (Å²) in [6.07, 6.45) is 0. The van der Waals surface area contributed by atoms with Crippen LogP contribution in [0.25, 0.3) is 11.4 Å². The number of hydrogen-bond donors (Lipinski definition) is 1. The third-order valence-corrected chi connectivity index (χ3v) is 3.19. The highest BCUT2D eigenvalue weighted by molar-refractivity contribution is 6.30. The maximum absolute atomic E-state index is 9.07. The fraction of sp³-hybridized carbons (Fsp3) is 0.385. The lowest BCUT2D eigenvalue weighted by Crippen LogP contribution is -2.31. The summed E-state index contributed by atoms with van der Waals surface area (Å²) < 4.78 is 5.20. The number of rotatable bonds is 5. The number of benzene rings is 1. The van der Waals surface area contributed by atoms with E-state index in [9.17, 15) is 0 Å². The zero-order valence-corrected chi connectivity index (χ0v) is 11.6. The van der Waals surface area contributed by atoms with Gasteiger partial charge in [0.25, 0.3) is 0 Å². The van der Waals surface area contributed by atoms with Gasteiger partial charge < -0.3 is 9.63 Å². The molecule has 0 fully saturated rings. The Morgan fingerprint density at radius 1 is 1.47 bits per heavy atom. The van der Waals surface area contributed by atoms with E-state index in [2.05, 4.69) is 10.1 Å². The van der Waals surface area contributed by atoms with Crippen LogP contribution >= 0.6 is 11.6 Å². The first kappa shape index (κ1) is 14.0. The molecule has 0 aliphatic carbocycles. The number of likely N-dealkylation sites (N-methyl/N-ethyl adjacent to an activating group) is 1. The molecule has 1 heterocycles. The Morgan fingerprint density at radius 2 is 2.26 bits per heavy atom. The summed E-state index contributed by atoms with van der Waals surface area (Å²) in [5.41, 5.74) is 0.820. The highest BCUT2D eigenvalue weighted by Gasteiger charge is 2.14. The molecule has 0 amide bonds. The number of aliphatic hydroxyl groups excluding tert-OH is 1. The Bertz CT molecular complexity index is 544. The molecule has 1 N–H and O–H groups in total. The lowest BCUT2D eigenvalue weighted by atomic mass is 10.2. The Morgan fingerprint density at radius 3 is 2.95 bits per heavy atom. The molecule has 0 bridgehead atoms. The molecule has 6 heteroatoms. The smallest absolute Gasteiger partial charge is 0.241 e. The molecule has 1 aromatic heterocycles. The van der Waals surface area contributed by atoms with E-state index in [1.807, 2.05) is 31.0 Å². The van der Waals surface area contributed by atoms with Crippen LogP contribution < -0.4 is 0 Å².